The topological polar surface area (TPSA) is 71.5 Å². The van der Waals surface area contributed by atoms with Crippen molar-refractivity contribution in [3.63, 3.8) is 0 Å². The molecule has 6 nitrogen and oxygen atoms in total. The van der Waals surface area contributed by atoms with E-state index in [1.165, 1.54) is 23.3 Å². The van der Waals surface area contributed by atoms with E-state index < -0.39 is 6.04 Å². The molecule has 0 aliphatic carbocycles. The van der Waals surface area contributed by atoms with Crippen LogP contribution in [0.4, 0.5) is 5.13 Å². The number of nitrogens with one attached hydrogen (secondary N) is 1. The van der Waals surface area contributed by atoms with Crippen LogP contribution in [0.2, 0.25) is 0 Å². The number of imide groups is 1. The van der Waals surface area contributed by atoms with Crippen molar-refractivity contribution in [3.8, 4) is 5.75 Å². The highest BCUT2D eigenvalue weighted by Crippen LogP contribution is 2.30. The van der Waals surface area contributed by atoms with Crippen LogP contribution < -0.4 is 10.1 Å². The predicted molar refractivity (Wildman–Crippen MR) is 80.6 cm³/mol. The number of aromatic nitrogens is 1. The molecule has 2 aromatic rings. The van der Waals surface area contributed by atoms with Gasteiger partial charge in [0.2, 0.25) is 5.91 Å². The molecular formula is C14H15N3O3S. The van der Waals surface area contributed by atoms with Crippen molar-refractivity contribution in [2.24, 2.45) is 0 Å². The summed E-state index contributed by atoms with van der Waals surface area (Å²) in [6.07, 6.45) is 0.875. The van der Waals surface area contributed by atoms with Crippen molar-refractivity contribution in [2.45, 2.75) is 18.9 Å². The van der Waals surface area contributed by atoms with E-state index in [0.29, 0.717) is 18.0 Å². The summed E-state index contributed by atoms with van der Waals surface area (Å²) in [7, 11) is 3.14. The first-order valence-electron chi connectivity index (χ1n) is 6.60. The summed E-state index contributed by atoms with van der Waals surface area (Å²) >= 11 is 1.47. The van der Waals surface area contributed by atoms with Crippen LogP contribution in [0, 0.1) is 0 Å². The first kappa shape index (κ1) is 13.8. The van der Waals surface area contributed by atoms with Crippen LogP contribution in [-0.4, -0.2) is 41.9 Å². The van der Waals surface area contributed by atoms with Crippen molar-refractivity contribution in [1.29, 1.82) is 0 Å². The van der Waals surface area contributed by atoms with E-state index in [1.54, 1.807) is 7.11 Å². The number of piperidine rings is 1. The lowest BCUT2D eigenvalue weighted by molar-refractivity contribution is -0.146. The van der Waals surface area contributed by atoms with Gasteiger partial charge >= 0.3 is 0 Å². The van der Waals surface area contributed by atoms with Crippen LogP contribution in [0.1, 0.15) is 12.8 Å². The van der Waals surface area contributed by atoms with E-state index >= 15 is 0 Å². The molecule has 3 rings (SSSR count). The van der Waals surface area contributed by atoms with E-state index in [4.69, 9.17) is 4.74 Å². The molecule has 1 aromatic heterocycles. The molecule has 7 heteroatoms. The molecule has 21 heavy (non-hydrogen) atoms. The first-order chi connectivity index (χ1) is 10.1. The Morgan fingerprint density at radius 3 is 3.00 bits per heavy atom. The number of carbonyl (C=O) groups is 2. The fourth-order valence-corrected chi connectivity index (χ4v) is 3.24. The van der Waals surface area contributed by atoms with E-state index in [0.717, 1.165) is 16.0 Å². The monoisotopic (exact) mass is 305 g/mol. The van der Waals surface area contributed by atoms with Gasteiger partial charge in [0.05, 0.1) is 17.3 Å². The first-order valence-corrected chi connectivity index (χ1v) is 7.41. The van der Waals surface area contributed by atoms with Crippen LogP contribution in [0.15, 0.2) is 18.2 Å². The fourth-order valence-electron chi connectivity index (χ4n) is 2.29. The van der Waals surface area contributed by atoms with Gasteiger partial charge in [-0.05, 0) is 24.6 Å². The number of hydrogen-bond donors (Lipinski definition) is 1. The Morgan fingerprint density at radius 2 is 2.24 bits per heavy atom. The Labute approximate surface area is 125 Å². The summed E-state index contributed by atoms with van der Waals surface area (Å²) < 4.78 is 6.17. The van der Waals surface area contributed by atoms with Crippen LogP contribution in [-0.2, 0) is 9.59 Å². The number of likely N-dealkylation sites (N-methyl/N-ethyl adjacent to an activating group) is 1. The summed E-state index contributed by atoms with van der Waals surface area (Å²) in [6, 6.07) is 5.25. The molecule has 1 aromatic carbocycles. The summed E-state index contributed by atoms with van der Waals surface area (Å²) in [4.78, 5) is 29.2. The largest absolute Gasteiger partial charge is 0.497 e. The van der Waals surface area contributed by atoms with Gasteiger partial charge in [-0.3, -0.25) is 14.5 Å². The van der Waals surface area contributed by atoms with Crippen molar-refractivity contribution < 1.29 is 14.3 Å². The highest BCUT2D eigenvalue weighted by Gasteiger charge is 2.32. The number of anilines is 1. The number of fused-ring (bicyclic) bond motifs is 1. The number of hydrogen-bond acceptors (Lipinski definition) is 6. The third-order valence-electron chi connectivity index (χ3n) is 3.54. The molecule has 1 unspecified atom stereocenters. The van der Waals surface area contributed by atoms with Crippen molar-refractivity contribution in [3.05, 3.63) is 18.2 Å². The van der Waals surface area contributed by atoms with Crippen LogP contribution in [0.25, 0.3) is 10.2 Å². The fraction of sp³-hybridized carbons (Fsp3) is 0.357. The molecule has 1 fully saturated rings. The highest BCUT2D eigenvalue weighted by molar-refractivity contribution is 7.22. The number of methoxy groups -OCH3 is 1. The highest BCUT2D eigenvalue weighted by atomic mass is 32.1. The molecule has 0 saturated carbocycles. The van der Waals surface area contributed by atoms with Gasteiger partial charge in [-0.2, -0.15) is 0 Å². The number of amides is 2. The van der Waals surface area contributed by atoms with Gasteiger partial charge in [0.1, 0.15) is 11.8 Å². The minimum atomic E-state index is -0.393. The molecule has 110 valence electrons. The minimum absolute atomic E-state index is 0.132. The lowest BCUT2D eigenvalue weighted by Crippen LogP contribution is -2.48. The molecule has 0 bridgehead atoms. The number of thiazole rings is 1. The quantitative estimate of drug-likeness (QED) is 0.876. The molecule has 1 saturated heterocycles. The number of benzene rings is 1. The molecule has 1 aliphatic rings. The summed E-state index contributed by atoms with van der Waals surface area (Å²) in [5, 5.41) is 3.81. The Bertz CT molecular complexity index is 713. The third kappa shape index (κ3) is 2.56. The lowest BCUT2D eigenvalue weighted by atomic mass is 10.1. The molecule has 0 spiro atoms. The second-order valence-electron chi connectivity index (χ2n) is 4.88. The summed E-state index contributed by atoms with van der Waals surface area (Å²) in [5.74, 6) is 0.437. The van der Waals surface area contributed by atoms with Crippen molar-refractivity contribution in [2.75, 3.05) is 19.5 Å². The van der Waals surface area contributed by atoms with E-state index in [2.05, 4.69) is 10.3 Å². The molecule has 2 amide bonds. The number of carbonyl (C=O) groups excluding carboxylic acids is 2. The Kier molecular flexibility index (Phi) is 3.50. The zero-order chi connectivity index (χ0) is 15.0. The van der Waals surface area contributed by atoms with E-state index in [-0.39, 0.29) is 11.8 Å². The molecule has 1 aliphatic heterocycles. The van der Waals surface area contributed by atoms with E-state index in [1.807, 2.05) is 18.2 Å². The summed E-state index contributed by atoms with van der Waals surface area (Å²) in [6.45, 7) is 0. The van der Waals surface area contributed by atoms with Gasteiger partial charge in [0.25, 0.3) is 5.91 Å². The molecule has 1 N–H and O–H groups in total. The second-order valence-corrected chi connectivity index (χ2v) is 5.91. The Hall–Kier alpha value is -2.15. The van der Waals surface area contributed by atoms with Crippen LogP contribution >= 0.6 is 11.3 Å². The van der Waals surface area contributed by atoms with Gasteiger partial charge in [-0.15, -0.1) is 0 Å². The van der Waals surface area contributed by atoms with Gasteiger partial charge in [0, 0.05) is 13.5 Å². The molecule has 2 heterocycles. The normalized spacial score (nSPS) is 19.1. The summed E-state index contributed by atoms with van der Waals surface area (Å²) in [5.41, 5.74) is 0.857. The zero-order valence-corrected chi connectivity index (χ0v) is 12.6. The molecule has 0 radical (unpaired) electrons. The lowest BCUT2D eigenvalue weighted by Gasteiger charge is -2.27. The van der Waals surface area contributed by atoms with E-state index in [9.17, 15) is 9.59 Å². The number of likely N-dealkylation sites (tertiary alicyclic amines) is 1. The van der Waals surface area contributed by atoms with Gasteiger partial charge in [-0.25, -0.2) is 4.98 Å². The number of nitrogens with zero attached hydrogens (tertiary/aromatic N) is 2. The van der Waals surface area contributed by atoms with Gasteiger partial charge < -0.3 is 10.1 Å². The van der Waals surface area contributed by atoms with Crippen LogP contribution in [0.5, 0.6) is 5.75 Å². The van der Waals surface area contributed by atoms with Crippen molar-refractivity contribution in [1.82, 2.24) is 9.88 Å². The smallest absolute Gasteiger partial charge is 0.251 e. The van der Waals surface area contributed by atoms with Gasteiger partial charge in [0.15, 0.2) is 5.13 Å². The zero-order valence-electron chi connectivity index (χ0n) is 11.8. The maximum atomic E-state index is 12.1. The standard InChI is InChI=1S/C14H15N3O3S/c1-17-12(18)6-5-10(13(17)19)16-14-15-9-4-3-8(20-2)7-11(9)21-14/h3-4,7,10H,5-6H2,1-2H3,(H,15,16). The Morgan fingerprint density at radius 1 is 1.43 bits per heavy atom. The van der Waals surface area contributed by atoms with Crippen molar-refractivity contribution >= 4 is 38.5 Å². The Balaban J connectivity index is 1.81. The molecular weight excluding hydrogens is 290 g/mol. The second kappa shape index (κ2) is 5.33. The number of rotatable bonds is 3. The molecule has 1 atom stereocenters. The average molecular weight is 305 g/mol. The maximum absolute atomic E-state index is 12.1. The third-order valence-corrected chi connectivity index (χ3v) is 4.49. The average Bonchev–Trinajstić information content (AvgIpc) is 2.89. The van der Waals surface area contributed by atoms with Gasteiger partial charge in [-0.1, -0.05) is 11.3 Å². The predicted octanol–water partition coefficient (Wildman–Crippen LogP) is 1.86. The maximum Gasteiger partial charge on any atom is 0.251 e. The minimum Gasteiger partial charge on any atom is -0.497 e. The van der Waals surface area contributed by atoms with Crippen LogP contribution in [0.3, 0.4) is 0 Å². The number of ether oxygens (including phenoxy) is 1. The SMILES string of the molecule is COc1ccc2nc(NC3CCC(=O)N(C)C3=O)sc2c1.